The Labute approximate surface area is 152 Å². The Morgan fingerprint density at radius 1 is 1.36 bits per heavy atom. The normalized spacial score (nSPS) is 18.1. The van der Waals surface area contributed by atoms with Crippen LogP contribution in [0.2, 0.25) is 5.02 Å². The number of amides is 1. The predicted molar refractivity (Wildman–Crippen MR) is 98.4 cm³/mol. The highest BCUT2D eigenvalue weighted by Crippen LogP contribution is 2.28. The van der Waals surface area contributed by atoms with Gasteiger partial charge in [-0.3, -0.25) is 9.69 Å². The van der Waals surface area contributed by atoms with Crippen LogP contribution < -0.4 is 10.6 Å². The number of carbonyl (C=O) groups excluding carboxylic acids is 1. The first kappa shape index (κ1) is 17.9. The van der Waals surface area contributed by atoms with Gasteiger partial charge in [-0.15, -0.1) is 0 Å². The summed E-state index contributed by atoms with van der Waals surface area (Å²) < 4.78 is 13.9. The molecule has 1 fully saturated rings. The van der Waals surface area contributed by atoms with Gasteiger partial charge in [-0.05, 0) is 36.2 Å². The van der Waals surface area contributed by atoms with Crippen molar-refractivity contribution in [3.63, 3.8) is 0 Å². The van der Waals surface area contributed by atoms with Gasteiger partial charge in [-0.2, -0.15) is 0 Å². The van der Waals surface area contributed by atoms with Crippen LogP contribution in [0.25, 0.3) is 0 Å². The molecule has 4 nitrogen and oxygen atoms in total. The molecule has 1 unspecified atom stereocenters. The van der Waals surface area contributed by atoms with E-state index in [1.54, 1.807) is 12.1 Å². The summed E-state index contributed by atoms with van der Waals surface area (Å²) >= 11 is 6.32. The van der Waals surface area contributed by atoms with E-state index in [1.165, 1.54) is 6.07 Å². The van der Waals surface area contributed by atoms with E-state index in [1.807, 2.05) is 31.2 Å². The fourth-order valence-corrected chi connectivity index (χ4v) is 3.35. The number of halogens is 2. The molecule has 0 radical (unpaired) electrons. The van der Waals surface area contributed by atoms with Gasteiger partial charge in [-0.1, -0.05) is 35.9 Å². The zero-order valence-electron chi connectivity index (χ0n) is 14.1. The maximum Gasteiger partial charge on any atom is 0.238 e. The summed E-state index contributed by atoms with van der Waals surface area (Å²) in [6.45, 7) is 4.23. The van der Waals surface area contributed by atoms with Crippen LogP contribution in [0.3, 0.4) is 0 Å². The minimum absolute atomic E-state index is 0.0102. The van der Waals surface area contributed by atoms with E-state index < -0.39 is 5.82 Å². The Morgan fingerprint density at radius 3 is 2.92 bits per heavy atom. The quantitative estimate of drug-likeness (QED) is 0.877. The van der Waals surface area contributed by atoms with Gasteiger partial charge in [0.2, 0.25) is 5.91 Å². The van der Waals surface area contributed by atoms with Gasteiger partial charge in [0, 0.05) is 30.7 Å². The molecule has 25 heavy (non-hydrogen) atoms. The van der Waals surface area contributed by atoms with Crippen molar-refractivity contribution < 1.29 is 9.18 Å². The Morgan fingerprint density at radius 2 is 2.16 bits per heavy atom. The maximum atomic E-state index is 13.9. The van der Waals surface area contributed by atoms with Crippen LogP contribution in [0.1, 0.15) is 17.2 Å². The molecule has 1 aliphatic rings. The van der Waals surface area contributed by atoms with Crippen molar-refractivity contribution in [3.05, 3.63) is 64.4 Å². The van der Waals surface area contributed by atoms with Gasteiger partial charge in [0.25, 0.3) is 0 Å². The van der Waals surface area contributed by atoms with Crippen molar-refractivity contribution in [2.75, 3.05) is 31.5 Å². The first-order chi connectivity index (χ1) is 12.0. The third-order valence-corrected chi connectivity index (χ3v) is 4.71. The van der Waals surface area contributed by atoms with Gasteiger partial charge in [0.1, 0.15) is 5.82 Å². The van der Waals surface area contributed by atoms with E-state index in [0.29, 0.717) is 5.02 Å². The topological polar surface area (TPSA) is 44.4 Å². The zero-order valence-corrected chi connectivity index (χ0v) is 14.8. The van der Waals surface area contributed by atoms with Crippen LogP contribution in [-0.2, 0) is 4.79 Å². The van der Waals surface area contributed by atoms with E-state index in [-0.39, 0.29) is 24.2 Å². The molecule has 1 aliphatic heterocycles. The first-order valence-electron chi connectivity index (χ1n) is 8.30. The van der Waals surface area contributed by atoms with Crippen molar-refractivity contribution in [2.24, 2.45) is 0 Å². The number of nitrogens with zero attached hydrogens (tertiary/aromatic N) is 1. The highest BCUT2D eigenvalue weighted by molar-refractivity contribution is 6.31. The lowest BCUT2D eigenvalue weighted by Crippen LogP contribution is -2.48. The first-order valence-corrected chi connectivity index (χ1v) is 8.67. The molecule has 2 aromatic rings. The summed E-state index contributed by atoms with van der Waals surface area (Å²) in [7, 11) is 0. The lowest BCUT2D eigenvalue weighted by atomic mass is 10.0. The molecule has 6 heteroatoms. The smallest absolute Gasteiger partial charge is 0.238 e. The standard InChI is InChI=1S/C19H21ClFN3O/c1-13-6-7-17(16(21)10-13)23-19(25)12-24-9-8-22-11-18(24)14-4-2-3-5-15(14)20/h2-7,10,18,22H,8-9,11-12H2,1H3,(H,23,25). The number of nitrogens with one attached hydrogen (secondary N) is 2. The predicted octanol–water partition coefficient (Wildman–Crippen LogP) is 3.37. The number of anilines is 1. The molecule has 1 atom stereocenters. The van der Waals surface area contributed by atoms with Crippen molar-refractivity contribution in [2.45, 2.75) is 13.0 Å². The van der Waals surface area contributed by atoms with Crippen LogP contribution in [0, 0.1) is 12.7 Å². The number of aryl methyl sites for hydroxylation is 1. The molecule has 2 N–H and O–H groups in total. The van der Waals surface area contributed by atoms with Gasteiger partial charge in [0.15, 0.2) is 0 Å². The van der Waals surface area contributed by atoms with Gasteiger partial charge < -0.3 is 10.6 Å². The third kappa shape index (κ3) is 4.37. The van der Waals surface area contributed by atoms with E-state index in [2.05, 4.69) is 15.5 Å². The molecule has 1 heterocycles. The summed E-state index contributed by atoms with van der Waals surface area (Å²) in [5, 5.41) is 6.69. The second kappa shape index (κ2) is 7.95. The molecule has 0 bridgehead atoms. The Kier molecular flexibility index (Phi) is 5.68. The average Bonchev–Trinajstić information content (AvgIpc) is 2.59. The van der Waals surface area contributed by atoms with Crippen molar-refractivity contribution >= 4 is 23.2 Å². The molecule has 1 saturated heterocycles. The Bertz CT molecular complexity index is 768. The lowest BCUT2D eigenvalue weighted by Gasteiger charge is -2.36. The van der Waals surface area contributed by atoms with E-state index >= 15 is 0 Å². The van der Waals surface area contributed by atoms with Crippen molar-refractivity contribution in [1.29, 1.82) is 0 Å². The summed E-state index contributed by atoms with van der Waals surface area (Å²) in [5.74, 6) is -0.655. The number of rotatable bonds is 4. The monoisotopic (exact) mass is 361 g/mol. The van der Waals surface area contributed by atoms with E-state index in [0.717, 1.165) is 30.8 Å². The van der Waals surface area contributed by atoms with Gasteiger partial charge >= 0.3 is 0 Å². The molecule has 3 rings (SSSR count). The number of hydrogen-bond donors (Lipinski definition) is 2. The molecule has 0 aromatic heterocycles. The van der Waals surface area contributed by atoms with E-state index in [9.17, 15) is 9.18 Å². The van der Waals surface area contributed by atoms with Crippen LogP contribution in [0.15, 0.2) is 42.5 Å². The Hall–Kier alpha value is -1.95. The highest BCUT2D eigenvalue weighted by Gasteiger charge is 2.27. The van der Waals surface area contributed by atoms with Crippen molar-refractivity contribution in [1.82, 2.24) is 10.2 Å². The minimum atomic E-state index is -0.420. The third-order valence-electron chi connectivity index (χ3n) is 4.36. The molecule has 0 spiro atoms. The number of benzene rings is 2. The fraction of sp³-hybridized carbons (Fsp3) is 0.316. The molecular formula is C19H21ClFN3O. The molecule has 0 aliphatic carbocycles. The second-order valence-corrected chi connectivity index (χ2v) is 6.65. The molecule has 0 saturated carbocycles. The minimum Gasteiger partial charge on any atom is -0.322 e. The average molecular weight is 362 g/mol. The molecule has 2 aromatic carbocycles. The molecular weight excluding hydrogens is 341 g/mol. The maximum absolute atomic E-state index is 13.9. The number of hydrogen-bond acceptors (Lipinski definition) is 3. The van der Waals surface area contributed by atoms with Crippen LogP contribution >= 0.6 is 11.6 Å². The Balaban J connectivity index is 1.71. The van der Waals surface area contributed by atoms with Crippen LogP contribution in [-0.4, -0.2) is 37.0 Å². The summed E-state index contributed by atoms with van der Waals surface area (Å²) in [5.41, 5.74) is 2.02. The second-order valence-electron chi connectivity index (χ2n) is 6.24. The summed E-state index contributed by atoms with van der Waals surface area (Å²) in [6, 6.07) is 12.4. The lowest BCUT2D eigenvalue weighted by molar-refractivity contribution is -0.118. The number of piperazine rings is 1. The van der Waals surface area contributed by atoms with Gasteiger partial charge in [0.05, 0.1) is 12.2 Å². The van der Waals surface area contributed by atoms with Gasteiger partial charge in [-0.25, -0.2) is 4.39 Å². The summed E-state index contributed by atoms with van der Waals surface area (Å²) in [4.78, 5) is 14.5. The van der Waals surface area contributed by atoms with E-state index in [4.69, 9.17) is 11.6 Å². The fourth-order valence-electron chi connectivity index (χ4n) is 3.08. The molecule has 1 amide bonds. The molecule has 132 valence electrons. The van der Waals surface area contributed by atoms with Crippen LogP contribution in [0.4, 0.5) is 10.1 Å². The summed E-state index contributed by atoms with van der Waals surface area (Å²) in [6.07, 6.45) is 0. The zero-order chi connectivity index (χ0) is 17.8. The highest BCUT2D eigenvalue weighted by atomic mass is 35.5. The van der Waals surface area contributed by atoms with Crippen molar-refractivity contribution in [3.8, 4) is 0 Å². The SMILES string of the molecule is Cc1ccc(NC(=O)CN2CCNCC2c2ccccc2Cl)c(F)c1. The number of carbonyl (C=O) groups is 1. The largest absolute Gasteiger partial charge is 0.322 e. The van der Waals surface area contributed by atoms with Crippen LogP contribution in [0.5, 0.6) is 0 Å².